The van der Waals surface area contributed by atoms with Gasteiger partial charge >= 0.3 is 6.09 Å². The lowest BCUT2D eigenvalue weighted by atomic mass is 10.1. The van der Waals surface area contributed by atoms with Gasteiger partial charge in [-0.2, -0.15) is 0 Å². The van der Waals surface area contributed by atoms with Gasteiger partial charge in [0.1, 0.15) is 23.3 Å². The van der Waals surface area contributed by atoms with Crippen LogP contribution in [-0.2, 0) is 9.16 Å². The van der Waals surface area contributed by atoms with E-state index in [9.17, 15) is 19.3 Å². The summed E-state index contributed by atoms with van der Waals surface area (Å²) in [5, 5.41) is 11.1. The molecule has 1 aromatic carbocycles. The van der Waals surface area contributed by atoms with Crippen molar-refractivity contribution < 1.29 is 28.0 Å². The Balaban J connectivity index is 2.28. The molecule has 8 nitrogen and oxygen atoms in total. The molecule has 2 rings (SSSR count). The Hall–Kier alpha value is -2.20. The second kappa shape index (κ2) is 9.34. The number of carbonyl (C=O) groups is 1. The van der Waals surface area contributed by atoms with Crippen LogP contribution in [0.2, 0.25) is 18.1 Å². The van der Waals surface area contributed by atoms with E-state index in [-0.39, 0.29) is 17.4 Å². The molecule has 1 aliphatic rings. The molecule has 1 aliphatic heterocycles. The van der Waals surface area contributed by atoms with Gasteiger partial charge in [-0.3, -0.25) is 15.0 Å². The fourth-order valence-electron chi connectivity index (χ4n) is 3.11. The predicted octanol–water partition coefficient (Wildman–Crippen LogP) is 5.51. The molecule has 180 valence electrons. The quantitative estimate of drug-likeness (QED) is 0.309. The largest absolute Gasteiger partial charge is 0.488 e. The van der Waals surface area contributed by atoms with E-state index in [1.54, 1.807) is 25.7 Å². The second-order valence-electron chi connectivity index (χ2n) is 10.7. The molecule has 0 N–H and O–H groups in total. The van der Waals surface area contributed by atoms with E-state index < -0.39 is 48.6 Å². The molecular formula is C22H35FN2O6Si. The molecule has 0 spiro atoms. The van der Waals surface area contributed by atoms with Crippen LogP contribution in [0.25, 0.3) is 0 Å². The maximum Gasteiger partial charge on any atom is 0.410 e. The highest BCUT2D eigenvalue weighted by molar-refractivity contribution is 6.74. The molecule has 0 bridgehead atoms. The first-order chi connectivity index (χ1) is 14.5. The number of rotatable bonds is 6. The van der Waals surface area contributed by atoms with Crippen LogP contribution in [0.5, 0.6) is 5.75 Å². The topological polar surface area (TPSA) is 91.1 Å². The Morgan fingerprint density at radius 2 is 1.84 bits per heavy atom. The van der Waals surface area contributed by atoms with E-state index in [1.165, 1.54) is 6.07 Å². The number of nitro groups is 1. The summed E-state index contributed by atoms with van der Waals surface area (Å²) in [7, 11) is -2.12. The van der Waals surface area contributed by atoms with Crippen LogP contribution in [-0.4, -0.2) is 55.1 Å². The summed E-state index contributed by atoms with van der Waals surface area (Å²) in [6.07, 6.45) is -0.527. The van der Waals surface area contributed by atoms with E-state index in [1.807, 2.05) is 0 Å². The molecule has 2 atom stereocenters. The number of likely N-dealkylation sites (tertiary alicyclic amines) is 1. The van der Waals surface area contributed by atoms with Gasteiger partial charge in [0.2, 0.25) is 0 Å². The molecule has 0 aliphatic carbocycles. The van der Waals surface area contributed by atoms with Gasteiger partial charge in [0.05, 0.1) is 29.7 Å². The maximum atomic E-state index is 13.9. The zero-order chi connectivity index (χ0) is 24.5. The SMILES string of the molecule is CC(C)(C)OC(=O)N1CC[C@H](Oc2cc(F)cc([N+](=O)[O-])c2)[C@@H]1CO[Si](C)(C)C(C)(C)C. The summed E-state index contributed by atoms with van der Waals surface area (Å²) >= 11 is 0. The number of nitrogens with zero attached hydrogens (tertiary/aromatic N) is 2. The zero-order valence-corrected chi connectivity index (χ0v) is 21.2. The summed E-state index contributed by atoms with van der Waals surface area (Å²) in [6.45, 7) is 16.6. The molecule has 1 aromatic rings. The van der Waals surface area contributed by atoms with E-state index >= 15 is 0 Å². The number of hydrogen-bond donors (Lipinski definition) is 0. The molecule has 0 aromatic heterocycles. The smallest absolute Gasteiger partial charge is 0.410 e. The number of nitro benzene ring substituents is 1. The third kappa shape index (κ3) is 6.65. The number of halogens is 1. The van der Waals surface area contributed by atoms with Gasteiger partial charge in [-0.15, -0.1) is 0 Å². The van der Waals surface area contributed by atoms with Crippen molar-refractivity contribution in [3.05, 3.63) is 34.1 Å². The highest BCUT2D eigenvalue weighted by atomic mass is 28.4. The van der Waals surface area contributed by atoms with Crippen LogP contribution in [0.15, 0.2) is 18.2 Å². The first kappa shape index (κ1) is 26.1. The highest BCUT2D eigenvalue weighted by Crippen LogP contribution is 2.37. The Bertz CT molecular complexity index is 850. The van der Waals surface area contributed by atoms with Crippen molar-refractivity contribution >= 4 is 20.1 Å². The van der Waals surface area contributed by atoms with Crippen LogP contribution in [0, 0.1) is 15.9 Å². The van der Waals surface area contributed by atoms with Crippen LogP contribution >= 0.6 is 0 Å². The van der Waals surface area contributed by atoms with Crippen molar-refractivity contribution in [3.8, 4) is 5.75 Å². The fraction of sp³-hybridized carbons (Fsp3) is 0.682. The molecule has 1 saturated heterocycles. The third-order valence-corrected chi connectivity index (χ3v) is 10.4. The van der Waals surface area contributed by atoms with Gasteiger partial charge < -0.3 is 13.9 Å². The Morgan fingerprint density at radius 1 is 1.22 bits per heavy atom. The summed E-state index contributed by atoms with van der Waals surface area (Å²) < 4.78 is 31.8. The minimum atomic E-state index is -2.12. The maximum absolute atomic E-state index is 13.9. The molecule has 10 heteroatoms. The molecule has 1 fully saturated rings. The predicted molar refractivity (Wildman–Crippen MR) is 122 cm³/mol. The monoisotopic (exact) mass is 470 g/mol. The molecule has 0 saturated carbocycles. The summed E-state index contributed by atoms with van der Waals surface area (Å²) in [5.41, 5.74) is -1.06. The number of amides is 1. The molecular weight excluding hydrogens is 435 g/mol. The van der Waals surface area contributed by atoms with Crippen molar-refractivity contribution in [1.29, 1.82) is 0 Å². The van der Waals surface area contributed by atoms with Gasteiger partial charge in [0, 0.05) is 19.0 Å². The molecule has 32 heavy (non-hydrogen) atoms. The van der Waals surface area contributed by atoms with Gasteiger partial charge in [0.15, 0.2) is 8.32 Å². The van der Waals surface area contributed by atoms with Crippen molar-refractivity contribution in [2.45, 2.75) is 83.8 Å². The number of non-ortho nitro benzene ring substituents is 1. The van der Waals surface area contributed by atoms with E-state index in [2.05, 4.69) is 33.9 Å². The summed E-state index contributed by atoms with van der Waals surface area (Å²) in [5.74, 6) is -0.713. The Morgan fingerprint density at radius 3 is 2.38 bits per heavy atom. The lowest BCUT2D eigenvalue weighted by Crippen LogP contribution is -2.50. The standard InChI is InChI=1S/C22H35FN2O6Si/c1-21(2,3)31-20(26)24-10-9-19(18(24)14-29-32(7,8)22(4,5)6)30-17-12-15(23)11-16(13-17)25(27)28/h11-13,18-19H,9-10,14H2,1-8H3/t18-,19-/m0/s1. The van der Waals surface area contributed by atoms with Crippen molar-refractivity contribution in [2.75, 3.05) is 13.2 Å². The summed E-state index contributed by atoms with van der Waals surface area (Å²) in [6, 6.07) is 2.66. The van der Waals surface area contributed by atoms with E-state index in [0.29, 0.717) is 13.0 Å². The van der Waals surface area contributed by atoms with E-state index in [0.717, 1.165) is 12.1 Å². The minimum Gasteiger partial charge on any atom is -0.488 e. The first-order valence-electron chi connectivity index (χ1n) is 10.8. The molecule has 0 radical (unpaired) electrons. The average Bonchev–Trinajstić information content (AvgIpc) is 2.99. The number of hydrogen-bond acceptors (Lipinski definition) is 6. The van der Waals surface area contributed by atoms with Gasteiger partial charge in [-0.05, 0) is 38.9 Å². The number of carbonyl (C=O) groups excluding carboxylic acids is 1. The van der Waals surface area contributed by atoms with Crippen molar-refractivity contribution in [3.63, 3.8) is 0 Å². The fourth-order valence-corrected chi connectivity index (χ4v) is 4.13. The zero-order valence-electron chi connectivity index (χ0n) is 20.2. The van der Waals surface area contributed by atoms with Gasteiger partial charge in [0.25, 0.3) is 5.69 Å². The summed E-state index contributed by atoms with van der Waals surface area (Å²) in [4.78, 5) is 24.8. The highest BCUT2D eigenvalue weighted by Gasteiger charge is 2.44. The number of benzene rings is 1. The van der Waals surface area contributed by atoms with Gasteiger partial charge in [-0.1, -0.05) is 20.8 Å². The average molecular weight is 471 g/mol. The van der Waals surface area contributed by atoms with Crippen LogP contribution in [0.1, 0.15) is 48.0 Å². The molecule has 1 heterocycles. The normalized spacial score (nSPS) is 19.7. The van der Waals surface area contributed by atoms with Crippen LogP contribution in [0.3, 0.4) is 0 Å². The van der Waals surface area contributed by atoms with Crippen molar-refractivity contribution in [2.24, 2.45) is 0 Å². The number of ether oxygens (including phenoxy) is 2. The lowest BCUT2D eigenvalue weighted by molar-refractivity contribution is -0.385. The van der Waals surface area contributed by atoms with Crippen LogP contribution < -0.4 is 4.74 Å². The first-order valence-corrected chi connectivity index (χ1v) is 13.7. The Labute approximate surface area is 190 Å². The second-order valence-corrected chi connectivity index (χ2v) is 15.5. The van der Waals surface area contributed by atoms with E-state index in [4.69, 9.17) is 13.9 Å². The van der Waals surface area contributed by atoms with Crippen molar-refractivity contribution in [1.82, 2.24) is 4.90 Å². The lowest BCUT2D eigenvalue weighted by Gasteiger charge is -2.38. The van der Waals surface area contributed by atoms with Crippen LogP contribution in [0.4, 0.5) is 14.9 Å². The van der Waals surface area contributed by atoms with Gasteiger partial charge in [-0.25, -0.2) is 9.18 Å². The molecule has 1 amide bonds. The minimum absolute atomic E-state index is 0.0259. The Kier molecular flexibility index (Phi) is 7.61. The molecule has 0 unspecified atom stereocenters. The third-order valence-electron chi connectivity index (χ3n) is 5.89.